The van der Waals surface area contributed by atoms with Gasteiger partial charge in [0.15, 0.2) is 0 Å². The molecule has 1 fully saturated rings. The van der Waals surface area contributed by atoms with Crippen molar-refractivity contribution in [3.05, 3.63) is 23.8 Å². The highest BCUT2D eigenvalue weighted by Crippen LogP contribution is 2.28. The van der Waals surface area contributed by atoms with Gasteiger partial charge in [0.1, 0.15) is 0 Å². The second-order valence-corrected chi connectivity index (χ2v) is 8.23. The first-order valence-electron chi connectivity index (χ1n) is 7.94. The first kappa shape index (κ1) is 14.9. The predicted molar refractivity (Wildman–Crippen MR) is 85.0 cm³/mol. The van der Waals surface area contributed by atoms with Crippen molar-refractivity contribution in [2.24, 2.45) is 5.92 Å². The molecule has 21 heavy (non-hydrogen) atoms. The number of anilines is 1. The van der Waals surface area contributed by atoms with Crippen LogP contribution in [0.15, 0.2) is 23.1 Å². The van der Waals surface area contributed by atoms with Crippen LogP contribution in [0.5, 0.6) is 0 Å². The minimum Gasteiger partial charge on any atom is -0.385 e. The number of nitrogens with one attached hydrogen (secondary N) is 1. The van der Waals surface area contributed by atoms with Gasteiger partial charge in [-0.25, -0.2) is 8.42 Å². The molecule has 0 bridgehead atoms. The Bertz CT molecular complexity index is 613. The van der Waals surface area contributed by atoms with Gasteiger partial charge < -0.3 is 5.32 Å². The molecule has 1 N–H and O–H groups in total. The lowest BCUT2D eigenvalue weighted by molar-refractivity contribution is 0.417. The highest BCUT2D eigenvalue weighted by molar-refractivity contribution is 7.89. The summed E-state index contributed by atoms with van der Waals surface area (Å²) < 4.78 is 27.3. The summed E-state index contributed by atoms with van der Waals surface area (Å²) in [6.45, 7) is 4.43. The van der Waals surface area contributed by atoms with Crippen LogP contribution in [-0.4, -0.2) is 32.4 Å². The topological polar surface area (TPSA) is 49.4 Å². The Morgan fingerprint density at radius 3 is 2.90 bits per heavy atom. The standard InChI is InChI=1S/C16H24N2O2S/c1-13-4-3-10-18(11-8-13)21(19,20)15-7-6-14-5-2-9-17-16(14)12-15/h6-7,12-13,17H,2-5,8-11H2,1H3. The van der Waals surface area contributed by atoms with Crippen LogP contribution in [0.1, 0.15) is 38.2 Å². The maximum Gasteiger partial charge on any atom is 0.243 e. The van der Waals surface area contributed by atoms with Gasteiger partial charge in [0.25, 0.3) is 0 Å². The molecule has 2 aliphatic rings. The van der Waals surface area contributed by atoms with Gasteiger partial charge >= 0.3 is 0 Å². The van der Waals surface area contributed by atoms with E-state index in [1.807, 2.05) is 12.1 Å². The second-order valence-electron chi connectivity index (χ2n) is 6.29. The summed E-state index contributed by atoms with van der Waals surface area (Å²) in [5, 5.41) is 3.31. The van der Waals surface area contributed by atoms with E-state index in [9.17, 15) is 8.42 Å². The van der Waals surface area contributed by atoms with Gasteiger partial charge in [-0.15, -0.1) is 0 Å². The Morgan fingerprint density at radius 2 is 2.05 bits per heavy atom. The zero-order valence-electron chi connectivity index (χ0n) is 12.6. The molecule has 1 unspecified atom stereocenters. The van der Waals surface area contributed by atoms with Crippen LogP contribution in [0.25, 0.3) is 0 Å². The lowest BCUT2D eigenvalue weighted by atomic mass is 10.0. The molecule has 3 rings (SSSR count). The van der Waals surface area contributed by atoms with Crippen molar-refractivity contribution in [2.45, 2.75) is 43.9 Å². The second kappa shape index (κ2) is 5.97. The number of nitrogens with zero attached hydrogens (tertiary/aromatic N) is 1. The summed E-state index contributed by atoms with van der Waals surface area (Å²) in [5.41, 5.74) is 2.22. The van der Waals surface area contributed by atoms with Crippen LogP contribution >= 0.6 is 0 Å². The monoisotopic (exact) mass is 308 g/mol. The Morgan fingerprint density at radius 1 is 1.19 bits per heavy atom. The first-order valence-corrected chi connectivity index (χ1v) is 9.38. The fourth-order valence-electron chi connectivity index (χ4n) is 3.23. The third-order valence-electron chi connectivity index (χ3n) is 4.63. The highest BCUT2D eigenvalue weighted by Gasteiger charge is 2.27. The minimum absolute atomic E-state index is 0.435. The maximum atomic E-state index is 12.8. The van der Waals surface area contributed by atoms with E-state index >= 15 is 0 Å². The molecule has 0 amide bonds. The van der Waals surface area contributed by atoms with Gasteiger partial charge in [0.2, 0.25) is 10.0 Å². The lowest BCUT2D eigenvalue weighted by Crippen LogP contribution is -2.32. The molecular weight excluding hydrogens is 284 g/mol. The zero-order valence-corrected chi connectivity index (χ0v) is 13.5. The van der Waals surface area contributed by atoms with Crippen molar-refractivity contribution in [2.75, 3.05) is 25.0 Å². The molecule has 116 valence electrons. The molecule has 0 spiro atoms. The Hall–Kier alpha value is -1.07. The van der Waals surface area contributed by atoms with E-state index in [0.29, 0.717) is 23.9 Å². The fraction of sp³-hybridized carbons (Fsp3) is 0.625. The minimum atomic E-state index is -3.35. The van der Waals surface area contributed by atoms with Gasteiger partial charge in [0, 0.05) is 25.3 Å². The Labute approximate surface area is 127 Å². The smallest absolute Gasteiger partial charge is 0.243 e. The van der Waals surface area contributed by atoms with E-state index in [-0.39, 0.29) is 0 Å². The quantitative estimate of drug-likeness (QED) is 0.914. The number of aryl methyl sites for hydroxylation is 1. The highest BCUT2D eigenvalue weighted by atomic mass is 32.2. The number of sulfonamides is 1. The molecular formula is C16H24N2O2S. The van der Waals surface area contributed by atoms with Crippen molar-refractivity contribution in [3.63, 3.8) is 0 Å². The van der Waals surface area contributed by atoms with Gasteiger partial charge in [-0.2, -0.15) is 4.31 Å². The number of hydrogen-bond acceptors (Lipinski definition) is 3. The lowest BCUT2D eigenvalue weighted by Gasteiger charge is -2.23. The summed E-state index contributed by atoms with van der Waals surface area (Å²) in [6.07, 6.45) is 5.19. The molecule has 5 heteroatoms. The fourth-order valence-corrected chi connectivity index (χ4v) is 4.75. The summed E-state index contributed by atoms with van der Waals surface area (Å²) in [5.74, 6) is 0.621. The molecule has 1 aromatic rings. The molecule has 0 aliphatic carbocycles. The van der Waals surface area contributed by atoms with Gasteiger partial charge in [0.05, 0.1) is 4.90 Å². The first-order chi connectivity index (χ1) is 10.1. The molecule has 1 aromatic carbocycles. The largest absolute Gasteiger partial charge is 0.385 e. The van der Waals surface area contributed by atoms with Crippen molar-refractivity contribution in [3.8, 4) is 0 Å². The van der Waals surface area contributed by atoms with Gasteiger partial charge in [-0.1, -0.05) is 13.0 Å². The molecule has 2 heterocycles. The van der Waals surface area contributed by atoms with Crippen molar-refractivity contribution in [1.29, 1.82) is 0 Å². The average Bonchev–Trinajstić information content (AvgIpc) is 2.72. The summed E-state index contributed by atoms with van der Waals surface area (Å²) >= 11 is 0. The van der Waals surface area contributed by atoms with Gasteiger partial charge in [-0.05, 0) is 55.7 Å². The van der Waals surface area contributed by atoms with Crippen LogP contribution in [0.3, 0.4) is 0 Å². The summed E-state index contributed by atoms with van der Waals surface area (Å²) in [6, 6.07) is 5.56. The molecule has 0 radical (unpaired) electrons. The van der Waals surface area contributed by atoms with E-state index in [0.717, 1.165) is 44.3 Å². The number of rotatable bonds is 2. The number of benzene rings is 1. The molecule has 4 nitrogen and oxygen atoms in total. The van der Waals surface area contributed by atoms with Crippen LogP contribution < -0.4 is 5.32 Å². The normalized spacial score (nSPS) is 24.0. The number of fused-ring (bicyclic) bond motifs is 1. The summed E-state index contributed by atoms with van der Waals surface area (Å²) in [7, 11) is -3.35. The predicted octanol–water partition coefficient (Wildman–Crippen LogP) is 2.86. The van der Waals surface area contributed by atoms with Crippen LogP contribution in [0, 0.1) is 5.92 Å². The third-order valence-corrected chi connectivity index (χ3v) is 6.53. The summed E-state index contributed by atoms with van der Waals surface area (Å²) in [4.78, 5) is 0.435. The van der Waals surface area contributed by atoms with E-state index in [2.05, 4.69) is 12.2 Å². The molecule has 1 atom stereocenters. The molecule has 2 aliphatic heterocycles. The van der Waals surface area contributed by atoms with E-state index in [4.69, 9.17) is 0 Å². The maximum absolute atomic E-state index is 12.8. The van der Waals surface area contributed by atoms with Crippen LogP contribution in [0.2, 0.25) is 0 Å². The van der Waals surface area contributed by atoms with E-state index in [1.54, 1.807) is 10.4 Å². The molecule has 0 saturated carbocycles. The van der Waals surface area contributed by atoms with Crippen LogP contribution in [-0.2, 0) is 16.4 Å². The Kier molecular flexibility index (Phi) is 4.22. The molecule has 0 aromatic heterocycles. The van der Waals surface area contributed by atoms with Crippen molar-refractivity contribution < 1.29 is 8.42 Å². The van der Waals surface area contributed by atoms with Crippen molar-refractivity contribution >= 4 is 15.7 Å². The third kappa shape index (κ3) is 3.09. The van der Waals surface area contributed by atoms with E-state index < -0.39 is 10.0 Å². The molecule has 1 saturated heterocycles. The SMILES string of the molecule is CC1CCCN(S(=O)(=O)c2ccc3c(c2)NCCC3)CC1. The Balaban J connectivity index is 1.87. The zero-order chi connectivity index (χ0) is 14.9. The average molecular weight is 308 g/mol. The van der Waals surface area contributed by atoms with Crippen molar-refractivity contribution in [1.82, 2.24) is 4.31 Å². The van der Waals surface area contributed by atoms with Crippen LogP contribution in [0.4, 0.5) is 5.69 Å². The van der Waals surface area contributed by atoms with Gasteiger partial charge in [-0.3, -0.25) is 0 Å². The van der Waals surface area contributed by atoms with E-state index in [1.165, 1.54) is 5.56 Å². The number of hydrogen-bond donors (Lipinski definition) is 1.